The van der Waals surface area contributed by atoms with Gasteiger partial charge in [0.2, 0.25) is 5.91 Å². The Balaban J connectivity index is 2.07. The summed E-state index contributed by atoms with van der Waals surface area (Å²) in [6, 6.07) is 0. The molecule has 3 heteroatoms. The van der Waals surface area contributed by atoms with E-state index < -0.39 is 0 Å². The topological polar surface area (TPSA) is 55.1 Å². The van der Waals surface area contributed by atoms with Gasteiger partial charge in [0.15, 0.2) is 0 Å². The fraction of sp³-hybridized carbons (Fsp3) is 0.923. The van der Waals surface area contributed by atoms with Gasteiger partial charge in [-0.2, -0.15) is 0 Å². The van der Waals surface area contributed by atoms with E-state index >= 15 is 0 Å². The molecule has 2 aliphatic rings. The number of rotatable bonds is 3. The van der Waals surface area contributed by atoms with Crippen LogP contribution in [0.4, 0.5) is 0 Å². The van der Waals surface area contributed by atoms with Crippen molar-refractivity contribution < 1.29 is 4.79 Å². The quantitative estimate of drug-likeness (QED) is 0.768. The van der Waals surface area contributed by atoms with Gasteiger partial charge < -0.3 is 11.1 Å². The molecule has 3 nitrogen and oxygen atoms in total. The maximum absolute atomic E-state index is 11.3. The van der Waals surface area contributed by atoms with E-state index in [0.717, 1.165) is 19.0 Å². The predicted molar refractivity (Wildman–Crippen MR) is 64.9 cm³/mol. The lowest BCUT2D eigenvalue weighted by Crippen LogP contribution is -2.42. The standard InChI is InChI=1S/C13H24N2O/c14-12(16)10-13(6-2-1-3-7-13)11-4-8-15-9-5-11/h11,15H,1-10H2,(H2,14,16). The van der Waals surface area contributed by atoms with Crippen molar-refractivity contribution in [1.29, 1.82) is 0 Å². The van der Waals surface area contributed by atoms with Crippen molar-refractivity contribution in [2.24, 2.45) is 17.1 Å². The summed E-state index contributed by atoms with van der Waals surface area (Å²) >= 11 is 0. The molecule has 2 fully saturated rings. The third kappa shape index (κ3) is 2.57. The number of nitrogens with one attached hydrogen (secondary N) is 1. The third-order valence-corrected chi connectivity index (χ3v) is 4.58. The van der Waals surface area contributed by atoms with Gasteiger partial charge in [0.05, 0.1) is 0 Å². The molecule has 2 rings (SSSR count). The lowest BCUT2D eigenvalue weighted by molar-refractivity contribution is -0.122. The van der Waals surface area contributed by atoms with E-state index in [4.69, 9.17) is 5.73 Å². The SMILES string of the molecule is NC(=O)CC1(C2CCNCC2)CCCCC1. The molecule has 0 spiro atoms. The number of carbonyl (C=O) groups excluding carboxylic acids is 1. The van der Waals surface area contributed by atoms with Crippen molar-refractivity contribution in [3.63, 3.8) is 0 Å². The second-order valence-electron chi connectivity index (χ2n) is 5.59. The van der Waals surface area contributed by atoms with Crippen LogP contribution in [0.25, 0.3) is 0 Å². The van der Waals surface area contributed by atoms with E-state index in [2.05, 4.69) is 5.32 Å². The maximum Gasteiger partial charge on any atom is 0.217 e. The molecule has 0 bridgehead atoms. The highest BCUT2D eigenvalue weighted by molar-refractivity contribution is 5.74. The van der Waals surface area contributed by atoms with Gasteiger partial charge in [-0.1, -0.05) is 19.3 Å². The van der Waals surface area contributed by atoms with Crippen LogP contribution in [-0.2, 0) is 4.79 Å². The number of hydrogen-bond donors (Lipinski definition) is 2. The zero-order chi connectivity index (χ0) is 11.4. The Morgan fingerprint density at radius 2 is 1.81 bits per heavy atom. The van der Waals surface area contributed by atoms with Gasteiger partial charge in [-0.25, -0.2) is 0 Å². The van der Waals surface area contributed by atoms with E-state index in [1.54, 1.807) is 0 Å². The van der Waals surface area contributed by atoms with Crippen LogP contribution in [0, 0.1) is 11.3 Å². The molecular weight excluding hydrogens is 200 g/mol. The Kier molecular flexibility index (Phi) is 3.85. The van der Waals surface area contributed by atoms with Crippen molar-refractivity contribution in [1.82, 2.24) is 5.32 Å². The first-order chi connectivity index (χ1) is 7.73. The minimum atomic E-state index is -0.0968. The highest BCUT2D eigenvalue weighted by atomic mass is 16.1. The number of carbonyl (C=O) groups is 1. The summed E-state index contributed by atoms with van der Waals surface area (Å²) in [5, 5.41) is 3.41. The zero-order valence-electron chi connectivity index (χ0n) is 10.1. The number of nitrogens with two attached hydrogens (primary N) is 1. The lowest BCUT2D eigenvalue weighted by atomic mass is 9.61. The van der Waals surface area contributed by atoms with E-state index in [0.29, 0.717) is 6.42 Å². The van der Waals surface area contributed by atoms with Crippen molar-refractivity contribution in [3.8, 4) is 0 Å². The minimum absolute atomic E-state index is 0.0968. The van der Waals surface area contributed by atoms with E-state index in [1.165, 1.54) is 44.9 Å². The minimum Gasteiger partial charge on any atom is -0.370 e. The maximum atomic E-state index is 11.3. The Bertz CT molecular complexity index is 240. The number of primary amides is 1. The highest BCUT2D eigenvalue weighted by Gasteiger charge is 2.40. The van der Waals surface area contributed by atoms with Crippen LogP contribution in [0.2, 0.25) is 0 Å². The highest BCUT2D eigenvalue weighted by Crippen LogP contribution is 2.48. The molecule has 1 aliphatic carbocycles. The molecule has 16 heavy (non-hydrogen) atoms. The molecule has 3 N–H and O–H groups in total. The number of hydrogen-bond acceptors (Lipinski definition) is 2. The molecule has 0 aromatic heterocycles. The largest absolute Gasteiger partial charge is 0.370 e. The van der Waals surface area contributed by atoms with Crippen molar-refractivity contribution in [2.45, 2.75) is 51.4 Å². The van der Waals surface area contributed by atoms with Gasteiger partial charge in [0.25, 0.3) is 0 Å². The van der Waals surface area contributed by atoms with Crippen LogP contribution >= 0.6 is 0 Å². The number of piperidine rings is 1. The van der Waals surface area contributed by atoms with Crippen molar-refractivity contribution in [3.05, 3.63) is 0 Å². The molecule has 92 valence electrons. The molecule has 1 amide bonds. The smallest absolute Gasteiger partial charge is 0.217 e. The molecule has 1 saturated carbocycles. The van der Waals surface area contributed by atoms with E-state index in [-0.39, 0.29) is 11.3 Å². The van der Waals surface area contributed by atoms with Crippen molar-refractivity contribution >= 4 is 5.91 Å². The summed E-state index contributed by atoms with van der Waals surface area (Å²) in [4.78, 5) is 11.3. The predicted octanol–water partition coefficient (Wildman–Crippen LogP) is 1.81. The number of amides is 1. The summed E-state index contributed by atoms with van der Waals surface area (Å²) in [7, 11) is 0. The lowest BCUT2D eigenvalue weighted by Gasteiger charge is -2.45. The van der Waals surface area contributed by atoms with Crippen LogP contribution in [0.15, 0.2) is 0 Å². The van der Waals surface area contributed by atoms with E-state index in [9.17, 15) is 4.79 Å². The molecule has 1 heterocycles. The van der Waals surface area contributed by atoms with Gasteiger partial charge in [0.1, 0.15) is 0 Å². The van der Waals surface area contributed by atoms with Crippen LogP contribution < -0.4 is 11.1 Å². The summed E-state index contributed by atoms with van der Waals surface area (Å²) in [6.45, 7) is 2.23. The normalized spacial score (nSPS) is 26.5. The van der Waals surface area contributed by atoms with Gasteiger partial charge in [-0.3, -0.25) is 4.79 Å². The molecule has 1 saturated heterocycles. The first kappa shape index (κ1) is 11.9. The zero-order valence-corrected chi connectivity index (χ0v) is 10.1. The van der Waals surface area contributed by atoms with Gasteiger partial charge in [0, 0.05) is 6.42 Å². The van der Waals surface area contributed by atoms with Gasteiger partial charge in [-0.05, 0) is 50.1 Å². The average Bonchev–Trinajstić information content (AvgIpc) is 2.30. The molecule has 0 radical (unpaired) electrons. The molecule has 0 unspecified atom stereocenters. The van der Waals surface area contributed by atoms with E-state index in [1.807, 2.05) is 0 Å². The molecule has 0 aromatic carbocycles. The first-order valence-corrected chi connectivity index (χ1v) is 6.72. The third-order valence-electron chi connectivity index (χ3n) is 4.58. The van der Waals surface area contributed by atoms with Gasteiger partial charge in [-0.15, -0.1) is 0 Å². The molecular formula is C13H24N2O. The Hall–Kier alpha value is -0.570. The molecule has 0 aromatic rings. The fourth-order valence-electron chi connectivity index (χ4n) is 3.77. The Morgan fingerprint density at radius 3 is 2.38 bits per heavy atom. The van der Waals surface area contributed by atoms with Crippen LogP contribution in [0.1, 0.15) is 51.4 Å². The Morgan fingerprint density at radius 1 is 1.19 bits per heavy atom. The summed E-state index contributed by atoms with van der Waals surface area (Å²) in [5.41, 5.74) is 5.72. The molecule has 0 atom stereocenters. The van der Waals surface area contributed by atoms with Crippen LogP contribution in [-0.4, -0.2) is 19.0 Å². The van der Waals surface area contributed by atoms with Gasteiger partial charge >= 0.3 is 0 Å². The van der Waals surface area contributed by atoms with Crippen molar-refractivity contribution in [2.75, 3.05) is 13.1 Å². The summed E-state index contributed by atoms with van der Waals surface area (Å²) in [6.07, 6.45) is 9.44. The summed E-state index contributed by atoms with van der Waals surface area (Å²) < 4.78 is 0. The monoisotopic (exact) mass is 224 g/mol. The molecule has 1 aliphatic heterocycles. The fourth-order valence-corrected chi connectivity index (χ4v) is 3.77. The first-order valence-electron chi connectivity index (χ1n) is 6.72. The second-order valence-corrected chi connectivity index (χ2v) is 5.59. The summed E-state index contributed by atoms with van der Waals surface area (Å²) in [5.74, 6) is 0.627. The van der Waals surface area contributed by atoms with Crippen LogP contribution in [0.3, 0.4) is 0 Å². The average molecular weight is 224 g/mol. The van der Waals surface area contributed by atoms with Crippen LogP contribution in [0.5, 0.6) is 0 Å². The Labute approximate surface area is 98.2 Å². The second kappa shape index (κ2) is 5.17.